The van der Waals surface area contributed by atoms with Crippen LogP contribution >= 0.6 is 11.6 Å². The van der Waals surface area contributed by atoms with Crippen molar-refractivity contribution in [1.82, 2.24) is 5.32 Å². The first-order valence-electron chi connectivity index (χ1n) is 9.52. The SMILES string of the molecule is CC(C)(C)OC(=O)NCCC(=O)Nc1ccc(NC(=O)Cc2ccccc2Cl)cc1. The number of alkyl carbamates (subject to hydrolysis) is 1. The molecule has 0 radical (unpaired) electrons. The van der Waals surface area contributed by atoms with Gasteiger partial charge in [0.05, 0.1) is 6.42 Å². The minimum Gasteiger partial charge on any atom is -0.444 e. The van der Waals surface area contributed by atoms with Crippen LogP contribution in [0.15, 0.2) is 48.5 Å². The molecule has 2 aromatic rings. The fraction of sp³-hybridized carbons (Fsp3) is 0.318. The summed E-state index contributed by atoms with van der Waals surface area (Å²) < 4.78 is 5.10. The van der Waals surface area contributed by atoms with E-state index in [1.807, 2.05) is 12.1 Å². The maximum absolute atomic E-state index is 12.2. The molecule has 0 aliphatic carbocycles. The molecular weight excluding hydrogens is 406 g/mol. The molecule has 0 spiro atoms. The van der Waals surface area contributed by atoms with E-state index in [2.05, 4.69) is 16.0 Å². The van der Waals surface area contributed by atoms with E-state index in [1.165, 1.54) is 0 Å². The Morgan fingerprint density at radius 3 is 2.03 bits per heavy atom. The van der Waals surface area contributed by atoms with Crippen molar-refractivity contribution in [1.29, 1.82) is 0 Å². The third-order valence-corrected chi connectivity index (χ3v) is 4.15. The van der Waals surface area contributed by atoms with E-state index in [-0.39, 0.29) is 31.2 Å². The Hall–Kier alpha value is -3.06. The molecule has 0 saturated carbocycles. The van der Waals surface area contributed by atoms with Crippen LogP contribution in [-0.2, 0) is 20.7 Å². The molecular formula is C22H26ClN3O4. The summed E-state index contributed by atoms with van der Waals surface area (Å²) in [6.07, 6.45) is -0.287. The lowest BCUT2D eigenvalue weighted by Gasteiger charge is -2.19. The lowest BCUT2D eigenvalue weighted by atomic mass is 10.1. The van der Waals surface area contributed by atoms with E-state index in [0.29, 0.717) is 16.4 Å². The summed E-state index contributed by atoms with van der Waals surface area (Å²) in [6.45, 7) is 5.46. The predicted molar refractivity (Wildman–Crippen MR) is 118 cm³/mol. The van der Waals surface area contributed by atoms with E-state index >= 15 is 0 Å². The highest BCUT2D eigenvalue weighted by Crippen LogP contribution is 2.17. The average Bonchev–Trinajstić information content (AvgIpc) is 2.64. The molecule has 30 heavy (non-hydrogen) atoms. The number of halogens is 1. The zero-order valence-corrected chi connectivity index (χ0v) is 18.0. The van der Waals surface area contributed by atoms with E-state index < -0.39 is 11.7 Å². The van der Waals surface area contributed by atoms with E-state index in [0.717, 1.165) is 5.56 Å². The van der Waals surface area contributed by atoms with Gasteiger partial charge < -0.3 is 20.7 Å². The standard InChI is InChI=1S/C22H26ClN3O4/c1-22(2,3)30-21(29)24-13-12-19(27)25-16-8-10-17(11-9-16)26-20(28)14-15-6-4-5-7-18(15)23/h4-11H,12-14H2,1-3H3,(H,24,29)(H,25,27)(H,26,28). The molecule has 3 amide bonds. The van der Waals surface area contributed by atoms with Gasteiger partial charge in [-0.3, -0.25) is 9.59 Å². The number of nitrogens with one attached hydrogen (secondary N) is 3. The average molecular weight is 432 g/mol. The zero-order chi connectivity index (χ0) is 22.1. The second-order valence-electron chi connectivity index (χ2n) is 7.62. The molecule has 2 rings (SSSR count). The molecule has 7 nitrogen and oxygen atoms in total. The molecule has 0 aliphatic rings. The van der Waals surface area contributed by atoms with Crippen molar-refractivity contribution in [2.75, 3.05) is 17.2 Å². The van der Waals surface area contributed by atoms with Gasteiger partial charge in [-0.1, -0.05) is 29.8 Å². The number of ether oxygens (including phenoxy) is 1. The first-order chi connectivity index (χ1) is 14.1. The van der Waals surface area contributed by atoms with Crippen LogP contribution in [0.4, 0.5) is 16.2 Å². The quantitative estimate of drug-likeness (QED) is 0.606. The minimum absolute atomic E-state index is 0.107. The Morgan fingerprint density at radius 2 is 1.47 bits per heavy atom. The molecule has 0 aliphatic heterocycles. The van der Waals surface area contributed by atoms with Crippen molar-refractivity contribution in [3.63, 3.8) is 0 Å². The summed E-state index contributed by atoms with van der Waals surface area (Å²) in [5.74, 6) is -0.435. The number of carbonyl (C=O) groups is 3. The lowest BCUT2D eigenvalue weighted by molar-refractivity contribution is -0.116. The van der Waals surface area contributed by atoms with Crippen molar-refractivity contribution < 1.29 is 19.1 Å². The normalized spacial score (nSPS) is 10.8. The third kappa shape index (κ3) is 8.53. The van der Waals surface area contributed by atoms with Gasteiger partial charge in [-0.2, -0.15) is 0 Å². The van der Waals surface area contributed by atoms with Crippen LogP contribution in [-0.4, -0.2) is 30.1 Å². The maximum Gasteiger partial charge on any atom is 0.407 e. The Labute approximate surface area is 181 Å². The largest absolute Gasteiger partial charge is 0.444 e. The maximum atomic E-state index is 12.2. The summed E-state index contributed by atoms with van der Waals surface area (Å²) in [5, 5.41) is 8.60. The van der Waals surface area contributed by atoms with Crippen LogP contribution in [0.2, 0.25) is 5.02 Å². The molecule has 0 saturated heterocycles. The fourth-order valence-electron chi connectivity index (χ4n) is 2.47. The van der Waals surface area contributed by atoms with Gasteiger partial charge in [0.1, 0.15) is 5.60 Å². The fourth-order valence-corrected chi connectivity index (χ4v) is 2.68. The van der Waals surface area contributed by atoms with Gasteiger partial charge in [0.2, 0.25) is 11.8 Å². The van der Waals surface area contributed by atoms with Crippen LogP contribution in [0, 0.1) is 0 Å². The van der Waals surface area contributed by atoms with Gasteiger partial charge in [0.15, 0.2) is 0 Å². The predicted octanol–water partition coefficient (Wildman–Crippen LogP) is 4.37. The van der Waals surface area contributed by atoms with Crippen LogP contribution in [0.1, 0.15) is 32.8 Å². The summed E-state index contributed by atoms with van der Waals surface area (Å²) in [7, 11) is 0. The molecule has 2 aromatic carbocycles. The van der Waals surface area contributed by atoms with E-state index in [9.17, 15) is 14.4 Å². The molecule has 0 bridgehead atoms. The van der Waals surface area contributed by atoms with Crippen LogP contribution in [0.3, 0.4) is 0 Å². The Morgan fingerprint density at radius 1 is 0.900 bits per heavy atom. The number of amides is 3. The highest BCUT2D eigenvalue weighted by Gasteiger charge is 2.16. The molecule has 0 heterocycles. The second kappa shape index (κ2) is 10.6. The molecule has 160 valence electrons. The number of rotatable bonds is 7. The number of hydrogen-bond acceptors (Lipinski definition) is 4. The summed E-state index contributed by atoms with van der Waals surface area (Å²) in [4.78, 5) is 35.7. The number of hydrogen-bond donors (Lipinski definition) is 3. The monoisotopic (exact) mass is 431 g/mol. The number of anilines is 2. The third-order valence-electron chi connectivity index (χ3n) is 3.78. The van der Waals surface area contributed by atoms with Gasteiger partial charge in [0.25, 0.3) is 0 Å². The van der Waals surface area contributed by atoms with Gasteiger partial charge in [-0.05, 0) is 56.7 Å². The highest BCUT2D eigenvalue weighted by molar-refractivity contribution is 6.31. The molecule has 0 atom stereocenters. The number of carbonyl (C=O) groups excluding carboxylic acids is 3. The summed E-state index contributed by atoms with van der Waals surface area (Å²) in [5.41, 5.74) is 1.36. The zero-order valence-electron chi connectivity index (χ0n) is 17.3. The molecule has 3 N–H and O–H groups in total. The topological polar surface area (TPSA) is 96.5 Å². The second-order valence-corrected chi connectivity index (χ2v) is 8.03. The van der Waals surface area contributed by atoms with Crippen LogP contribution in [0.5, 0.6) is 0 Å². The van der Waals surface area contributed by atoms with E-state index in [1.54, 1.807) is 57.2 Å². The smallest absolute Gasteiger partial charge is 0.407 e. The molecule has 0 unspecified atom stereocenters. The summed E-state index contributed by atoms with van der Waals surface area (Å²) >= 11 is 6.07. The lowest BCUT2D eigenvalue weighted by Crippen LogP contribution is -2.34. The Kier molecular flexibility index (Phi) is 8.24. The molecule has 0 aromatic heterocycles. The highest BCUT2D eigenvalue weighted by atomic mass is 35.5. The van der Waals surface area contributed by atoms with Crippen molar-refractivity contribution in [2.24, 2.45) is 0 Å². The number of benzene rings is 2. The van der Waals surface area contributed by atoms with Crippen molar-refractivity contribution in [3.8, 4) is 0 Å². The van der Waals surface area contributed by atoms with Gasteiger partial charge >= 0.3 is 6.09 Å². The molecule has 0 fully saturated rings. The molecule has 8 heteroatoms. The van der Waals surface area contributed by atoms with Gasteiger partial charge in [0, 0.05) is 29.4 Å². The summed E-state index contributed by atoms with van der Waals surface area (Å²) in [6, 6.07) is 13.9. The van der Waals surface area contributed by atoms with Gasteiger partial charge in [-0.15, -0.1) is 0 Å². The van der Waals surface area contributed by atoms with Crippen molar-refractivity contribution >= 4 is 40.9 Å². The van der Waals surface area contributed by atoms with Crippen molar-refractivity contribution in [3.05, 3.63) is 59.1 Å². The van der Waals surface area contributed by atoms with Gasteiger partial charge in [-0.25, -0.2) is 4.79 Å². The van der Waals surface area contributed by atoms with Crippen molar-refractivity contribution in [2.45, 2.75) is 39.2 Å². The first-order valence-corrected chi connectivity index (χ1v) is 9.90. The van der Waals surface area contributed by atoms with Crippen LogP contribution in [0.25, 0.3) is 0 Å². The van der Waals surface area contributed by atoms with E-state index in [4.69, 9.17) is 16.3 Å². The van der Waals surface area contributed by atoms with Crippen LogP contribution < -0.4 is 16.0 Å². The Balaban J connectivity index is 1.76. The minimum atomic E-state index is -0.586. The first kappa shape index (κ1) is 23.2. The Bertz CT molecular complexity index is 892.